The summed E-state index contributed by atoms with van der Waals surface area (Å²) in [6.07, 6.45) is 0.961. The van der Waals surface area contributed by atoms with E-state index < -0.39 is 0 Å². The molecule has 0 amide bonds. The first-order valence-corrected chi connectivity index (χ1v) is 5.39. The number of ether oxygens (including phenoxy) is 1. The van der Waals surface area contributed by atoms with Gasteiger partial charge in [0.15, 0.2) is 0 Å². The van der Waals surface area contributed by atoms with Crippen LogP contribution < -0.4 is 0 Å². The van der Waals surface area contributed by atoms with E-state index in [0.29, 0.717) is 0 Å². The van der Waals surface area contributed by atoms with Crippen molar-refractivity contribution in [1.82, 2.24) is 0 Å². The molecule has 1 saturated heterocycles. The largest absolute Gasteiger partial charge is 0.370 e. The topological polar surface area (TPSA) is 26.3 Å². The summed E-state index contributed by atoms with van der Waals surface area (Å²) in [5.41, 5.74) is 1.17. The molecule has 0 radical (unpaired) electrons. The molecule has 1 aliphatic heterocycles. The molecule has 1 heterocycles. The maximum atomic E-state index is 11.4. The minimum atomic E-state index is 0.0488. The Hall–Kier alpha value is -1.15. The first-order valence-electron chi connectivity index (χ1n) is 5.39. The molecule has 0 aromatic heterocycles. The second-order valence-electron chi connectivity index (χ2n) is 4.19. The van der Waals surface area contributed by atoms with Gasteiger partial charge in [0.25, 0.3) is 0 Å². The van der Waals surface area contributed by atoms with Crippen molar-refractivity contribution in [1.29, 1.82) is 0 Å². The van der Waals surface area contributed by atoms with Crippen LogP contribution in [0.15, 0.2) is 30.3 Å². The zero-order valence-electron chi connectivity index (χ0n) is 9.14. The van der Waals surface area contributed by atoms with Crippen LogP contribution in [0.5, 0.6) is 0 Å². The maximum absolute atomic E-state index is 11.4. The van der Waals surface area contributed by atoms with Crippen molar-refractivity contribution >= 4 is 5.78 Å². The number of ketones is 1. The summed E-state index contributed by atoms with van der Waals surface area (Å²) in [6, 6.07) is 10.1. The standard InChI is InChI=1S/C13H16O2/c1-9(14)12-8-13(15-10(12)2)11-6-4-3-5-7-11/h3-7,10,12-13H,8H2,1-2H3/t10-,12+,13-/m0/s1. The number of hydrogen-bond acceptors (Lipinski definition) is 2. The Morgan fingerprint density at radius 1 is 1.33 bits per heavy atom. The van der Waals surface area contributed by atoms with Crippen LogP contribution in [0.1, 0.15) is 31.9 Å². The summed E-state index contributed by atoms with van der Waals surface area (Å²) in [5.74, 6) is 0.302. The van der Waals surface area contributed by atoms with Crippen molar-refractivity contribution in [2.45, 2.75) is 32.5 Å². The van der Waals surface area contributed by atoms with E-state index in [0.717, 1.165) is 6.42 Å². The van der Waals surface area contributed by atoms with Crippen LogP contribution in [-0.4, -0.2) is 11.9 Å². The zero-order chi connectivity index (χ0) is 10.8. The molecule has 0 saturated carbocycles. The van der Waals surface area contributed by atoms with Gasteiger partial charge in [-0.3, -0.25) is 4.79 Å². The Kier molecular flexibility index (Phi) is 2.87. The second-order valence-corrected chi connectivity index (χ2v) is 4.19. The van der Waals surface area contributed by atoms with Gasteiger partial charge in [-0.2, -0.15) is 0 Å². The fourth-order valence-electron chi connectivity index (χ4n) is 2.21. The van der Waals surface area contributed by atoms with Crippen LogP contribution in [-0.2, 0) is 9.53 Å². The Bertz CT molecular complexity index is 345. The maximum Gasteiger partial charge on any atom is 0.135 e. The molecule has 0 spiro atoms. The monoisotopic (exact) mass is 204 g/mol. The summed E-state index contributed by atoms with van der Waals surface area (Å²) < 4.78 is 5.80. The Labute approximate surface area is 90.3 Å². The minimum absolute atomic E-state index is 0.0488. The lowest BCUT2D eigenvalue weighted by molar-refractivity contribution is -0.122. The van der Waals surface area contributed by atoms with Gasteiger partial charge in [-0.1, -0.05) is 30.3 Å². The van der Waals surface area contributed by atoms with Crippen molar-refractivity contribution in [2.75, 3.05) is 0 Å². The molecule has 3 atom stereocenters. The molecule has 1 aliphatic rings. The fourth-order valence-corrected chi connectivity index (χ4v) is 2.21. The first-order chi connectivity index (χ1) is 7.18. The normalized spacial score (nSPS) is 30.4. The van der Waals surface area contributed by atoms with E-state index in [4.69, 9.17) is 4.74 Å². The van der Waals surface area contributed by atoms with E-state index in [1.54, 1.807) is 6.92 Å². The minimum Gasteiger partial charge on any atom is -0.370 e. The predicted octanol–water partition coefficient (Wildman–Crippen LogP) is 2.74. The molecule has 0 N–H and O–H groups in total. The molecule has 0 bridgehead atoms. The summed E-state index contributed by atoms with van der Waals surface area (Å²) in [7, 11) is 0. The highest BCUT2D eigenvalue weighted by atomic mass is 16.5. The van der Waals surface area contributed by atoms with Crippen LogP contribution in [0.25, 0.3) is 0 Å². The molecule has 1 aromatic rings. The van der Waals surface area contributed by atoms with Gasteiger partial charge >= 0.3 is 0 Å². The van der Waals surface area contributed by atoms with E-state index in [1.807, 2.05) is 25.1 Å². The number of benzene rings is 1. The van der Waals surface area contributed by atoms with Gasteiger partial charge in [-0.25, -0.2) is 0 Å². The molecule has 1 aromatic carbocycles. The van der Waals surface area contributed by atoms with Gasteiger partial charge in [-0.05, 0) is 25.8 Å². The highest BCUT2D eigenvalue weighted by Crippen LogP contribution is 2.36. The highest BCUT2D eigenvalue weighted by molar-refractivity contribution is 5.79. The fraction of sp³-hybridized carbons (Fsp3) is 0.462. The van der Waals surface area contributed by atoms with Crippen LogP contribution in [0.4, 0.5) is 0 Å². The first kappa shape index (κ1) is 10.4. The average molecular weight is 204 g/mol. The van der Waals surface area contributed by atoms with E-state index in [2.05, 4.69) is 12.1 Å². The molecule has 2 nitrogen and oxygen atoms in total. The molecule has 0 unspecified atom stereocenters. The molecule has 0 aliphatic carbocycles. The number of Topliss-reactive ketones (excluding diaryl/α,β-unsaturated/α-hetero) is 1. The Morgan fingerprint density at radius 3 is 2.53 bits per heavy atom. The molecule has 15 heavy (non-hydrogen) atoms. The summed E-state index contributed by atoms with van der Waals surface area (Å²) in [5, 5.41) is 0. The van der Waals surface area contributed by atoms with Crippen LogP contribution in [0.2, 0.25) is 0 Å². The summed E-state index contributed by atoms with van der Waals surface area (Å²) >= 11 is 0. The van der Waals surface area contributed by atoms with Gasteiger partial charge in [0.05, 0.1) is 12.2 Å². The van der Waals surface area contributed by atoms with Crippen molar-refractivity contribution in [3.8, 4) is 0 Å². The van der Waals surface area contributed by atoms with Crippen LogP contribution in [0.3, 0.4) is 0 Å². The smallest absolute Gasteiger partial charge is 0.135 e. The molecular formula is C13H16O2. The summed E-state index contributed by atoms with van der Waals surface area (Å²) in [4.78, 5) is 11.4. The third kappa shape index (κ3) is 2.10. The molecular weight excluding hydrogens is 188 g/mol. The van der Waals surface area contributed by atoms with Crippen molar-refractivity contribution in [3.63, 3.8) is 0 Å². The lowest BCUT2D eigenvalue weighted by atomic mass is 9.94. The predicted molar refractivity (Wildman–Crippen MR) is 58.5 cm³/mol. The number of carbonyl (C=O) groups is 1. The van der Waals surface area contributed by atoms with Gasteiger partial charge in [-0.15, -0.1) is 0 Å². The lowest BCUT2D eigenvalue weighted by Crippen LogP contribution is -2.18. The SMILES string of the molecule is CC(=O)[C@H]1C[C@@H](c2ccccc2)O[C@H]1C. The number of hydrogen-bond donors (Lipinski definition) is 0. The molecule has 2 heteroatoms. The van der Waals surface area contributed by atoms with E-state index in [-0.39, 0.29) is 23.9 Å². The van der Waals surface area contributed by atoms with Gasteiger partial charge < -0.3 is 4.74 Å². The quantitative estimate of drug-likeness (QED) is 0.740. The van der Waals surface area contributed by atoms with E-state index >= 15 is 0 Å². The van der Waals surface area contributed by atoms with Gasteiger partial charge in [0, 0.05) is 5.92 Å². The third-order valence-corrected chi connectivity index (χ3v) is 3.11. The van der Waals surface area contributed by atoms with Crippen LogP contribution >= 0.6 is 0 Å². The van der Waals surface area contributed by atoms with Crippen molar-refractivity contribution in [2.24, 2.45) is 5.92 Å². The van der Waals surface area contributed by atoms with Crippen LogP contribution in [0, 0.1) is 5.92 Å². The van der Waals surface area contributed by atoms with E-state index in [9.17, 15) is 4.79 Å². The second kappa shape index (κ2) is 4.15. The highest BCUT2D eigenvalue weighted by Gasteiger charge is 2.35. The van der Waals surface area contributed by atoms with E-state index in [1.165, 1.54) is 5.56 Å². The molecule has 1 fully saturated rings. The summed E-state index contributed by atoms with van der Waals surface area (Å²) in [6.45, 7) is 3.63. The van der Waals surface area contributed by atoms with Crippen molar-refractivity contribution < 1.29 is 9.53 Å². The number of rotatable bonds is 2. The zero-order valence-corrected chi connectivity index (χ0v) is 9.14. The third-order valence-electron chi connectivity index (χ3n) is 3.11. The molecule has 2 rings (SSSR count). The number of carbonyl (C=O) groups excluding carboxylic acids is 1. The Balaban J connectivity index is 2.13. The van der Waals surface area contributed by atoms with Gasteiger partial charge in [0.2, 0.25) is 0 Å². The molecule has 80 valence electrons. The Morgan fingerprint density at radius 2 is 2.00 bits per heavy atom. The van der Waals surface area contributed by atoms with Crippen molar-refractivity contribution in [3.05, 3.63) is 35.9 Å². The van der Waals surface area contributed by atoms with Gasteiger partial charge in [0.1, 0.15) is 5.78 Å². The lowest BCUT2D eigenvalue weighted by Gasteiger charge is -2.10. The average Bonchev–Trinajstić information content (AvgIpc) is 2.62.